The molecular formula is C36H40N4O. The van der Waals surface area contributed by atoms with Gasteiger partial charge in [0, 0.05) is 33.8 Å². The number of nitrogens with zero attached hydrogens (tertiary/aromatic N) is 3. The predicted octanol–water partition coefficient (Wildman–Crippen LogP) is 7.41. The molecule has 0 saturated heterocycles. The zero-order chi connectivity index (χ0) is 29.0. The molecule has 5 heteroatoms. The van der Waals surface area contributed by atoms with Gasteiger partial charge in [0.15, 0.2) is 0 Å². The number of allylic oxidation sites excluding steroid dienone is 8. The molecule has 0 spiro atoms. The van der Waals surface area contributed by atoms with E-state index >= 15 is 0 Å². The summed E-state index contributed by atoms with van der Waals surface area (Å²) in [6, 6.07) is 0. The second-order valence-electron chi connectivity index (χ2n) is 11.0. The molecule has 1 aromatic heterocycles. The SMILES string of the molecule is C=Cc1c(CC)c2[nH]c1=CC1=NC(=CC3=C(CC)C4=C(O)CC(=C5N=C(C=2)C(CC)=C5CC)C4=N3)C(CC)=C1CC. The summed E-state index contributed by atoms with van der Waals surface area (Å²) in [6.07, 6.45) is 14.2. The molecule has 6 rings (SSSR count). The number of hydrogen-bond donors (Lipinski definition) is 2. The molecule has 0 fully saturated rings. The van der Waals surface area contributed by atoms with Gasteiger partial charge < -0.3 is 10.1 Å². The number of aromatic nitrogens is 1. The summed E-state index contributed by atoms with van der Waals surface area (Å²) in [7, 11) is 0. The van der Waals surface area contributed by atoms with Crippen LogP contribution in [-0.2, 0) is 6.42 Å². The zero-order valence-corrected chi connectivity index (χ0v) is 25.3. The molecule has 0 radical (unpaired) electrons. The lowest BCUT2D eigenvalue weighted by Crippen LogP contribution is -2.16. The summed E-state index contributed by atoms with van der Waals surface area (Å²) in [6.45, 7) is 17.3. The van der Waals surface area contributed by atoms with E-state index < -0.39 is 0 Å². The molecule has 5 heterocycles. The quantitative estimate of drug-likeness (QED) is 0.369. The topological polar surface area (TPSA) is 73.1 Å². The third-order valence-corrected chi connectivity index (χ3v) is 9.07. The lowest BCUT2D eigenvalue weighted by atomic mass is 9.95. The molecule has 4 aliphatic heterocycles. The number of aliphatic hydroxyl groups excluding tert-OH is 1. The average molecular weight is 545 g/mol. The van der Waals surface area contributed by atoms with Crippen molar-refractivity contribution in [1.29, 1.82) is 0 Å². The summed E-state index contributed by atoms with van der Waals surface area (Å²) in [5.41, 5.74) is 16.2. The Labute approximate surface area is 243 Å². The van der Waals surface area contributed by atoms with E-state index in [2.05, 4.69) is 71.3 Å². The number of hydrogen-bond acceptors (Lipinski definition) is 4. The van der Waals surface area contributed by atoms with Crippen molar-refractivity contribution in [2.45, 2.75) is 86.5 Å². The fourth-order valence-corrected chi connectivity index (χ4v) is 7.21. The Hall–Kier alpha value is -3.99. The van der Waals surface area contributed by atoms with Crippen molar-refractivity contribution < 1.29 is 5.11 Å². The molecule has 0 amide bonds. The maximum Gasteiger partial charge on any atom is 0.107 e. The summed E-state index contributed by atoms with van der Waals surface area (Å²) < 4.78 is 0. The predicted molar refractivity (Wildman–Crippen MR) is 173 cm³/mol. The van der Waals surface area contributed by atoms with Crippen LogP contribution in [0.5, 0.6) is 0 Å². The Balaban J connectivity index is 1.76. The molecule has 2 N–H and O–H groups in total. The van der Waals surface area contributed by atoms with Crippen molar-refractivity contribution in [2.75, 3.05) is 0 Å². The van der Waals surface area contributed by atoms with Gasteiger partial charge in [-0.2, -0.15) is 0 Å². The van der Waals surface area contributed by atoms with Gasteiger partial charge in [0.05, 0.1) is 34.2 Å². The lowest BCUT2D eigenvalue weighted by Gasteiger charge is -2.08. The molecule has 1 aromatic rings. The van der Waals surface area contributed by atoms with Crippen molar-refractivity contribution in [3.63, 3.8) is 0 Å². The van der Waals surface area contributed by atoms with Crippen molar-refractivity contribution in [3.05, 3.63) is 96.3 Å². The maximum absolute atomic E-state index is 11.3. The highest BCUT2D eigenvalue weighted by Gasteiger charge is 2.37. The van der Waals surface area contributed by atoms with Gasteiger partial charge in [-0.1, -0.05) is 54.2 Å². The van der Waals surface area contributed by atoms with Crippen molar-refractivity contribution in [2.24, 2.45) is 15.0 Å². The van der Waals surface area contributed by atoms with Gasteiger partial charge in [0.2, 0.25) is 0 Å². The molecular weight excluding hydrogens is 504 g/mol. The van der Waals surface area contributed by atoms with E-state index in [4.69, 9.17) is 15.0 Å². The first-order valence-corrected chi connectivity index (χ1v) is 15.3. The monoisotopic (exact) mass is 544 g/mol. The molecule has 0 atom stereocenters. The van der Waals surface area contributed by atoms with Crippen LogP contribution >= 0.6 is 0 Å². The van der Waals surface area contributed by atoms with Crippen LogP contribution in [0.4, 0.5) is 0 Å². The van der Waals surface area contributed by atoms with Crippen LogP contribution in [0.2, 0.25) is 0 Å². The molecule has 5 nitrogen and oxygen atoms in total. The number of H-pyrrole nitrogens is 1. The van der Waals surface area contributed by atoms with Gasteiger partial charge >= 0.3 is 0 Å². The molecule has 41 heavy (non-hydrogen) atoms. The third kappa shape index (κ3) is 4.00. The Morgan fingerprint density at radius 1 is 0.756 bits per heavy atom. The number of nitrogens with one attached hydrogen (secondary N) is 1. The van der Waals surface area contributed by atoms with E-state index in [-0.39, 0.29) is 0 Å². The van der Waals surface area contributed by atoms with E-state index in [9.17, 15) is 5.11 Å². The Morgan fingerprint density at radius 3 is 2.02 bits per heavy atom. The Kier molecular flexibility index (Phi) is 6.93. The first-order chi connectivity index (χ1) is 19.9. The Bertz CT molecular complexity index is 1820. The van der Waals surface area contributed by atoms with Gasteiger partial charge in [0.1, 0.15) is 5.76 Å². The second-order valence-corrected chi connectivity index (χ2v) is 11.0. The normalized spacial score (nSPS) is 19.7. The average Bonchev–Trinajstić information content (AvgIpc) is 3.75. The summed E-state index contributed by atoms with van der Waals surface area (Å²) >= 11 is 0. The number of aliphatic hydroxyl groups is 1. The number of rotatable bonds is 7. The van der Waals surface area contributed by atoms with Crippen molar-refractivity contribution in [1.82, 2.24) is 4.98 Å². The third-order valence-electron chi connectivity index (χ3n) is 9.07. The minimum atomic E-state index is 0.404. The highest BCUT2D eigenvalue weighted by molar-refractivity contribution is 6.26. The molecule has 0 saturated carbocycles. The van der Waals surface area contributed by atoms with Gasteiger partial charge in [-0.05, 0) is 90.2 Å². The van der Waals surface area contributed by atoms with Gasteiger partial charge in [-0.3, -0.25) is 0 Å². The van der Waals surface area contributed by atoms with Crippen LogP contribution in [0.1, 0.15) is 91.2 Å². The van der Waals surface area contributed by atoms with Gasteiger partial charge in [-0.25, -0.2) is 15.0 Å². The fraction of sp³-hybridized carbons (Fsp3) is 0.361. The van der Waals surface area contributed by atoms with E-state index in [1.165, 1.54) is 27.9 Å². The molecule has 210 valence electrons. The van der Waals surface area contributed by atoms with Crippen LogP contribution in [0.15, 0.2) is 89.5 Å². The summed E-state index contributed by atoms with van der Waals surface area (Å²) in [4.78, 5) is 19.4. The number of aromatic amines is 1. The minimum absolute atomic E-state index is 0.404. The standard InChI is InChI=1S/C36H40N4O/c1-8-19-21(10-3)29-17-31-23(12-5)24(13-6)35(39-31)26-15-33(41)34-25(14-7)32(40-36(26)34)18-30-22(11-4)20(9-2)28(38-30)16-27(19)37-29/h8,16-18,37,41H,1,9-15H2,2-7H3. The first kappa shape index (κ1) is 27.2. The van der Waals surface area contributed by atoms with E-state index in [0.717, 1.165) is 106 Å². The Morgan fingerprint density at radius 2 is 1.39 bits per heavy atom. The fourth-order valence-electron chi connectivity index (χ4n) is 7.21. The molecule has 0 unspecified atom stereocenters. The van der Waals surface area contributed by atoms with E-state index in [1.54, 1.807) is 0 Å². The first-order valence-electron chi connectivity index (χ1n) is 15.3. The molecule has 8 bridgehead atoms. The molecule has 0 aromatic carbocycles. The number of fused-ring (bicyclic) bond motifs is 5. The summed E-state index contributed by atoms with van der Waals surface area (Å²) in [5, 5.41) is 13.4. The van der Waals surface area contributed by atoms with Crippen molar-refractivity contribution >= 4 is 35.4 Å². The van der Waals surface area contributed by atoms with E-state index in [1.807, 2.05) is 6.08 Å². The van der Waals surface area contributed by atoms with Crippen LogP contribution in [0.25, 0.3) is 18.2 Å². The number of aliphatic imine (C=N–C) groups is 3. The zero-order valence-electron chi connectivity index (χ0n) is 25.3. The van der Waals surface area contributed by atoms with Gasteiger partial charge in [0.25, 0.3) is 0 Å². The highest BCUT2D eigenvalue weighted by atomic mass is 16.3. The second kappa shape index (κ2) is 10.4. The largest absolute Gasteiger partial charge is 0.511 e. The van der Waals surface area contributed by atoms with Crippen LogP contribution in [0.3, 0.4) is 0 Å². The minimum Gasteiger partial charge on any atom is -0.511 e. The highest BCUT2D eigenvalue weighted by Crippen LogP contribution is 2.45. The smallest absolute Gasteiger partial charge is 0.107 e. The lowest BCUT2D eigenvalue weighted by molar-refractivity contribution is 0.400. The van der Waals surface area contributed by atoms with Crippen LogP contribution < -0.4 is 10.7 Å². The van der Waals surface area contributed by atoms with E-state index in [0.29, 0.717) is 12.2 Å². The molecule has 1 aliphatic carbocycles. The molecule has 5 aliphatic rings. The van der Waals surface area contributed by atoms with Crippen LogP contribution in [-0.4, -0.2) is 27.2 Å². The maximum atomic E-state index is 11.3. The van der Waals surface area contributed by atoms with Crippen LogP contribution in [0, 0.1) is 0 Å². The van der Waals surface area contributed by atoms with Gasteiger partial charge in [-0.15, -0.1) is 0 Å². The summed E-state index contributed by atoms with van der Waals surface area (Å²) in [5.74, 6) is 0.404. The van der Waals surface area contributed by atoms with Crippen molar-refractivity contribution in [3.8, 4) is 0 Å².